The smallest absolute Gasteiger partial charge is 0.315 e. The Hall–Kier alpha value is -1.55. The number of nitrogens with zero attached hydrogens (tertiary/aromatic N) is 1. The van der Waals surface area contributed by atoms with E-state index in [9.17, 15) is 4.79 Å². The van der Waals surface area contributed by atoms with E-state index < -0.39 is 0 Å². The first-order chi connectivity index (χ1) is 8.77. The van der Waals surface area contributed by atoms with E-state index in [1.54, 1.807) is 0 Å². The van der Waals surface area contributed by atoms with Crippen LogP contribution in [0.1, 0.15) is 17.9 Å². The number of amides is 2. The summed E-state index contributed by atoms with van der Waals surface area (Å²) in [5.41, 5.74) is 6.77. The number of hydrogen-bond donors (Lipinski definition) is 1. The summed E-state index contributed by atoms with van der Waals surface area (Å²) in [6.07, 6.45) is 0.900. The zero-order chi connectivity index (χ0) is 12.5. The highest BCUT2D eigenvalue weighted by Crippen LogP contribution is 2.40. The van der Waals surface area contributed by atoms with Crippen molar-refractivity contribution in [2.45, 2.75) is 18.4 Å². The van der Waals surface area contributed by atoms with Crippen LogP contribution in [0.3, 0.4) is 0 Å². The van der Waals surface area contributed by atoms with Crippen LogP contribution in [-0.4, -0.2) is 36.7 Å². The molecule has 3 atom stereocenters. The highest BCUT2D eigenvalue weighted by molar-refractivity contribution is 5.73. The number of fused-ring (bicyclic) bond motifs is 1. The van der Waals surface area contributed by atoms with Gasteiger partial charge in [-0.1, -0.05) is 30.3 Å². The Labute approximate surface area is 107 Å². The summed E-state index contributed by atoms with van der Waals surface area (Å²) in [7, 11) is 0. The SMILES string of the molecule is NC(=O)N1CC(c2ccccc2)C2COCCC21. The highest BCUT2D eigenvalue weighted by atomic mass is 16.5. The van der Waals surface area contributed by atoms with E-state index in [1.165, 1.54) is 5.56 Å². The minimum Gasteiger partial charge on any atom is -0.381 e. The summed E-state index contributed by atoms with van der Waals surface area (Å²) in [5.74, 6) is 0.734. The Bertz CT molecular complexity index is 435. The fourth-order valence-electron chi connectivity index (χ4n) is 3.31. The van der Waals surface area contributed by atoms with Gasteiger partial charge in [0.05, 0.1) is 6.61 Å². The first-order valence-electron chi connectivity index (χ1n) is 6.46. The summed E-state index contributed by atoms with van der Waals surface area (Å²) in [4.78, 5) is 13.4. The average molecular weight is 246 g/mol. The fourth-order valence-corrected chi connectivity index (χ4v) is 3.31. The number of hydrogen-bond acceptors (Lipinski definition) is 2. The van der Waals surface area contributed by atoms with E-state index in [4.69, 9.17) is 10.5 Å². The van der Waals surface area contributed by atoms with Crippen molar-refractivity contribution in [2.24, 2.45) is 11.7 Å². The maximum atomic E-state index is 11.5. The number of urea groups is 1. The van der Waals surface area contributed by atoms with Gasteiger partial charge in [0, 0.05) is 31.0 Å². The summed E-state index contributed by atoms with van der Waals surface area (Å²) >= 11 is 0. The first kappa shape index (κ1) is 11.5. The molecule has 0 aromatic heterocycles. The molecule has 1 aromatic rings. The molecule has 2 aliphatic rings. The second-order valence-corrected chi connectivity index (χ2v) is 5.10. The number of carbonyl (C=O) groups excluding carboxylic acids is 1. The van der Waals surface area contributed by atoms with Crippen LogP contribution in [0, 0.1) is 5.92 Å². The maximum Gasteiger partial charge on any atom is 0.315 e. The fraction of sp³-hybridized carbons (Fsp3) is 0.500. The molecule has 0 bridgehead atoms. The summed E-state index contributed by atoms with van der Waals surface area (Å²) in [6.45, 7) is 2.18. The van der Waals surface area contributed by atoms with Gasteiger partial charge in [-0.2, -0.15) is 0 Å². The van der Waals surface area contributed by atoms with E-state index in [2.05, 4.69) is 12.1 Å². The predicted octanol–water partition coefficient (Wildman–Crippen LogP) is 1.57. The zero-order valence-electron chi connectivity index (χ0n) is 10.3. The molecule has 2 saturated heterocycles. The zero-order valence-corrected chi connectivity index (χ0v) is 10.3. The predicted molar refractivity (Wildman–Crippen MR) is 68.2 cm³/mol. The Morgan fingerprint density at radius 2 is 2.11 bits per heavy atom. The van der Waals surface area contributed by atoms with Crippen molar-refractivity contribution in [1.29, 1.82) is 0 Å². The summed E-state index contributed by atoms with van der Waals surface area (Å²) < 4.78 is 5.58. The molecule has 0 aliphatic carbocycles. The molecule has 4 nitrogen and oxygen atoms in total. The van der Waals surface area contributed by atoms with Crippen LogP contribution >= 0.6 is 0 Å². The largest absolute Gasteiger partial charge is 0.381 e. The molecule has 3 rings (SSSR count). The Morgan fingerprint density at radius 3 is 2.83 bits per heavy atom. The van der Waals surface area contributed by atoms with Crippen LogP contribution in [-0.2, 0) is 4.74 Å². The molecule has 2 amide bonds. The lowest BCUT2D eigenvalue weighted by Crippen LogP contribution is -2.44. The van der Waals surface area contributed by atoms with Gasteiger partial charge in [0.15, 0.2) is 0 Å². The highest BCUT2D eigenvalue weighted by Gasteiger charge is 2.45. The third-order valence-corrected chi connectivity index (χ3v) is 4.18. The quantitative estimate of drug-likeness (QED) is 0.817. The number of primary amides is 1. The number of rotatable bonds is 1. The molecule has 18 heavy (non-hydrogen) atoms. The van der Waals surface area contributed by atoms with Gasteiger partial charge in [0.25, 0.3) is 0 Å². The molecular formula is C14H18N2O2. The molecule has 1 aromatic carbocycles. The minimum absolute atomic E-state index is 0.251. The first-order valence-corrected chi connectivity index (χ1v) is 6.46. The van der Waals surface area contributed by atoms with Crippen molar-refractivity contribution in [2.75, 3.05) is 19.8 Å². The van der Waals surface area contributed by atoms with Crippen LogP contribution in [0.2, 0.25) is 0 Å². The van der Waals surface area contributed by atoms with Crippen molar-refractivity contribution in [3.8, 4) is 0 Å². The van der Waals surface area contributed by atoms with Crippen LogP contribution < -0.4 is 5.73 Å². The average Bonchev–Trinajstić information content (AvgIpc) is 2.79. The van der Waals surface area contributed by atoms with E-state index in [0.29, 0.717) is 11.8 Å². The molecule has 2 aliphatic heterocycles. The van der Waals surface area contributed by atoms with E-state index in [-0.39, 0.29) is 12.1 Å². The van der Waals surface area contributed by atoms with Gasteiger partial charge in [-0.15, -0.1) is 0 Å². The minimum atomic E-state index is -0.301. The van der Waals surface area contributed by atoms with Crippen LogP contribution in [0.4, 0.5) is 4.79 Å². The lowest BCUT2D eigenvalue weighted by atomic mass is 9.84. The Kier molecular flexibility index (Phi) is 2.96. The number of carbonyl (C=O) groups is 1. The molecule has 2 heterocycles. The van der Waals surface area contributed by atoms with Crippen molar-refractivity contribution in [1.82, 2.24) is 4.90 Å². The van der Waals surface area contributed by atoms with Crippen molar-refractivity contribution < 1.29 is 9.53 Å². The van der Waals surface area contributed by atoms with Gasteiger partial charge < -0.3 is 15.4 Å². The molecule has 0 saturated carbocycles. The third kappa shape index (κ3) is 1.86. The molecule has 2 fully saturated rings. The van der Waals surface area contributed by atoms with Crippen molar-refractivity contribution in [3.05, 3.63) is 35.9 Å². The molecule has 2 N–H and O–H groups in total. The Balaban J connectivity index is 1.89. The summed E-state index contributed by atoms with van der Waals surface area (Å²) in [5, 5.41) is 0. The van der Waals surface area contributed by atoms with E-state index in [1.807, 2.05) is 23.1 Å². The normalized spacial score (nSPS) is 31.1. The van der Waals surface area contributed by atoms with Gasteiger partial charge in [0.2, 0.25) is 0 Å². The van der Waals surface area contributed by atoms with E-state index >= 15 is 0 Å². The molecule has 4 heteroatoms. The molecule has 96 valence electrons. The number of ether oxygens (including phenoxy) is 1. The number of benzene rings is 1. The van der Waals surface area contributed by atoms with Crippen LogP contribution in [0.5, 0.6) is 0 Å². The maximum absolute atomic E-state index is 11.5. The van der Waals surface area contributed by atoms with Gasteiger partial charge in [-0.05, 0) is 12.0 Å². The summed E-state index contributed by atoms with van der Waals surface area (Å²) in [6, 6.07) is 10.3. The van der Waals surface area contributed by atoms with Crippen LogP contribution in [0.15, 0.2) is 30.3 Å². The lowest BCUT2D eigenvalue weighted by Gasteiger charge is -2.31. The number of likely N-dealkylation sites (tertiary alicyclic amines) is 1. The number of nitrogens with two attached hydrogens (primary N) is 1. The molecular weight excluding hydrogens is 228 g/mol. The van der Waals surface area contributed by atoms with Crippen LogP contribution in [0.25, 0.3) is 0 Å². The second-order valence-electron chi connectivity index (χ2n) is 5.10. The van der Waals surface area contributed by atoms with Gasteiger partial charge >= 0.3 is 6.03 Å². The van der Waals surface area contributed by atoms with Gasteiger partial charge in [-0.25, -0.2) is 4.79 Å². The lowest BCUT2D eigenvalue weighted by molar-refractivity contribution is 0.0269. The monoisotopic (exact) mass is 246 g/mol. The van der Waals surface area contributed by atoms with Crippen molar-refractivity contribution >= 4 is 6.03 Å². The molecule has 0 radical (unpaired) electrons. The topological polar surface area (TPSA) is 55.6 Å². The van der Waals surface area contributed by atoms with Gasteiger partial charge in [-0.3, -0.25) is 0 Å². The molecule has 0 spiro atoms. The van der Waals surface area contributed by atoms with Gasteiger partial charge in [0.1, 0.15) is 0 Å². The molecule has 3 unspecified atom stereocenters. The standard InChI is InChI=1S/C14H18N2O2/c15-14(17)16-8-11(10-4-2-1-3-5-10)12-9-18-7-6-13(12)16/h1-5,11-13H,6-9H2,(H2,15,17). The van der Waals surface area contributed by atoms with Crippen molar-refractivity contribution in [3.63, 3.8) is 0 Å². The second kappa shape index (κ2) is 4.61. The van der Waals surface area contributed by atoms with E-state index in [0.717, 1.165) is 26.2 Å². The third-order valence-electron chi connectivity index (χ3n) is 4.18. The Morgan fingerprint density at radius 1 is 1.33 bits per heavy atom.